The molecule has 3 rings (SSSR count). The molecule has 0 radical (unpaired) electrons. The number of hydrogen-bond acceptors (Lipinski definition) is 5. The quantitative estimate of drug-likeness (QED) is 0.591. The molecule has 2 aromatic heterocycles. The molecule has 0 saturated carbocycles. The first kappa shape index (κ1) is 19.3. The molecule has 3 aromatic rings. The maximum atomic E-state index is 11.9. The fraction of sp³-hybridized carbons (Fsp3) is 0.524. The van der Waals surface area contributed by atoms with Crippen molar-refractivity contribution in [2.75, 3.05) is 11.9 Å². The molecule has 0 unspecified atom stereocenters. The zero-order valence-corrected chi connectivity index (χ0v) is 16.7. The Morgan fingerprint density at radius 1 is 1.11 bits per heavy atom. The topological polar surface area (TPSA) is 72.2 Å². The van der Waals surface area contributed by atoms with Crippen LogP contribution in [0.5, 0.6) is 0 Å². The summed E-state index contributed by atoms with van der Waals surface area (Å²) >= 11 is 0. The summed E-state index contributed by atoms with van der Waals surface area (Å²) in [6.45, 7) is 9.08. The molecule has 0 bridgehead atoms. The maximum Gasteiger partial charge on any atom is 0.204 e. The van der Waals surface area contributed by atoms with Crippen molar-refractivity contribution in [1.82, 2.24) is 19.6 Å². The summed E-state index contributed by atoms with van der Waals surface area (Å²) in [5.41, 5.74) is 2.77. The minimum absolute atomic E-state index is 0.0855. The Morgan fingerprint density at radius 3 is 2.67 bits per heavy atom. The molecule has 6 nitrogen and oxygen atoms in total. The van der Waals surface area contributed by atoms with Crippen molar-refractivity contribution in [2.45, 2.75) is 59.8 Å². The van der Waals surface area contributed by atoms with Crippen LogP contribution in [-0.4, -0.2) is 31.9 Å². The predicted octanol–water partition coefficient (Wildman–Crippen LogP) is 4.56. The van der Waals surface area contributed by atoms with Crippen LogP contribution < -0.4 is 5.32 Å². The minimum atomic E-state index is 0.0855. The van der Waals surface area contributed by atoms with Crippen LogP contribution in [-0.2, 0) is 4.79 Å². The molecule has 0 atom stereocenters. The summed E-state index contributed by atoms with van der Waals surface area (Å²) in [7, 11) is 0. The first-order valence-electron chi connectivity index (χ1n) is 9.71. The van der Waals surface area contributed by atoms with E-state index < -0.39 is 0 Å². The third-order valence-corrected chi connectivity index (χ3v) is 4.54. The lowest BCUT2D eigenvalue weighted by Gasteiger charge is -2.16. The Hall–Kier alpha value is -2.50. The second-order valence-corrected chi connectivity index (χ2v) is 8.37. The lowest BCUT2D eigenvalue weighted by molar-refractivity contribution is -0.120. The van der Waals surface area contributed by atoms with Crippen LogP contribution in [0.4, 0.5) is 5.82 Å². The average Bonchev–Trinajstić information content (AvgIpc) is 2.99. The Bertz CT molecular complexity index is 939. The average molecular weight is 367 g/mol. The third kappa shape index (κ3) is 4.81. The number of benzene rings is 1. The molecular formula is C21H29N5O. The largest absolute Gasteiger partial charge is 0.367 e. The highest BCUT2D eigenvalue weighted by Gasteiger charge is 2.15. The molecule has 2 heterocycles. The number of anilines is 1. The smallest absolute Gasteiger partial charge is 0.204 e. The molecule has 1 aromatic carbocycles. The lowest BCUT2D eigenvalue weighted by Crippen LogP contribution is -2.12. The van der Waals surface area contributed by atoms with Gasteiger partial charge in [-0.05, 0) is 37.3 Å². The van der Waals surface area contributed by atoms with E-state index in [0.29, 0.717) is 18.6 Å². The van der Waals surface area contributed by atoms with Crippen LogP contribution >= 0.6 is 0 Å². The van der Waals surface area contributed by atoms with Crippen molar-refractivity contribution in [3.63, 3.8) is 0 Å². The van der Waals surface area contributed by atoms with E-state index in [2.05, 4.69) is 36.3 Å². The number of aryl methyl sites for hydroxylation is 1. The highest BCUT2D eigenvalue weighted by Crippen LogP contribution is 2.22. The number of aromatic nitrogens is 4. The first-order valence-corrected chi connectivity index (χ1v) is 9.71. The van der Waals surface area contributed by atoms with Gasteiger partial charge >= 0.3 is 0 Å². The van der Waals surface area contributed by atoms with E-state index in [-0.39, 0.29) is 5.41 Å². The SMILES string of the molecule is Cc1nnc2c(NCCCCCC(=O)CC(C)(C)C)nc3ccccc3n12. The fourth-order valence-electron chi connectivity index (χ4n) is 3.35. The van der Waals surface area contributed by atoms with Gasteiger partial charge in [0.15, 0.2) is 5.82 Å². The van der Waals surface area contributed by atoms with Crippen molar-refractivity contribution in [3.8, 4) is 0 Å². The molecule has 0 aliphatic heterocycles. The lowest BCUT2D eigenvalue weighted by atomic mass is 9.88. The van der Waals surface area contributed by atoms with E-state index in [4.69, 9.17) is 4.98 Å². The van der Waals surface area contributed by atoms with Gasteiger partial charge in [0.25, 0.3) is 0 Å². The highest BCUT2D eigenvalue weighted by atomic mass is 16.1. The molecule has 1 N–H and O–H groups in total. The third-order valence-electron chi connectivity index (χ3n) is 4.54. The van der Waals surface area contributed by atoms with Crippen molar-refractivity contribution in [2.24, 2.45) is 5.41 Å². The van der Waals surface area contributed by atoms with Gasteiger partial charge in [-0.1, -0.05) is 39.3 Å². The number of rotatable bonds is 8. The fourth-order valence-corrected chi connectivity index (χ4v) is 3.35. The number of hydrogen-bond donors (Lipinski definition) is 1. The van der Waals surface area contributed by atoms with Crippen LogP contribution in [0.1, 0.15) is 58.7 Å². The van der Waals surface area contributed by atoms with Crippen LogP contribution in [0.2, 0.25) is 0 Å². The standard InChI is InChI=1S/C21H29N5O/c1-15-24-25-20-19(23-17-11-7-8-12-18(17)26(15)20)22-13-9-5-6-10-16(27)14-21(2,3)4/h7-8,11-12H,5-6,9-10,13-14H2,1-4H3,(H,22,23). The number of para-hydroxylation sites is 2. The second-order valence-electron chi connectivity index (χ2n) is 8.37. The molecule has 0 spiro atoms. The van der Waals surface area contributed by atoms with Gasteiger partial charge in [0, 0.05) is 19.4 Å². The summed E-state index contributed by atoms with van der Waals surface area (Å²) in [6.07, 6.45) is 4.31. The van der Waals surface area contributed by atoms with Crippen molar-refractivity contribution >= 4 is 28.3 Å². The first-order chi connectivity index (χ1) is 12.8. The molecule has 144 valence electrons. The van der Waals surface area contributed by atoms with E-state index in [0.717, 1.165) is 54.1 Å². The van der Waals surface area contributed by atoms with E-state index in [9.17, 15) is 4.79 Å². The van der Waals surface area contributed by atoms with E-state index >= 15 is 0 Å². The van der Waals surface area contributed by atoms with Crippen molar-refractivity contribution in [1.29, 1.82) is 0 Å². The Kier molecular flexibility index (Phi) is 5.73. The van der Waals surface area contributed by atoms with Gasteiger partial charge in [-0.15, -0.1) is 10.2 Å². The zero-order valence-electron chi connectivity index (χ0n) is 16.7. The molecule has 27 heavy (non-hydrogen) atoms. The van der Waals surface area contributed by atoms with Gasteiger partial charge in [0.2, 0.25) is 5.65 Å². The number of carbonyl (C=O) groups is 1. The molecule has 0 fully saturated rings. The maximum absolute atomic E-state index is 11.9. The zero-order chi connectivity index (χ0) is 19.4. The van der Waals surface area contributed by atoms with Crippen molar-refractivity contribution < 1.29 is 4.79 Å². The molecule has 6 heteroatoms. The summed E-state index contributed by atoms with van der Waals surface area (Å²) in [5, 5.41) is 11.9. The number of carbonyl (C=O) groups excluding carboxylic acids is 1. The molecular weight excluding hydrogens is 338 g/mol. The normalized spacial score (nSPS) is 12.0. The Morgan fingerprint density at radius 2 is 1.89 bits per heavy atom. The number of Topliss-reactive ketones (excluding diaryl/α,β-unsaturated/α-hetero) is 1. The van der Waals surface area contributed by atoms with E-state index in [1.807, 2.05) is 35.6 Å². The Balaban J connectivity index is 1.56. The minimum Gasteiger partial charge on any atom is -0.367 e. The van der Waals surface area contributed by atoms with Crippen LogP contribution in [0, 0.1) is 12.3 Å². The van der Waals surface area contributed by atoms with E-state index in [1.54, 1.807) is 0 Å². The molecule has 0 saturated heterocycles. The number of fused-ring (bicyclic) bond motifs is 3. The highest BCUT2D eigenvalue weighted by molar-refractivity contribution is 5.82. The van der Waals surface area contributed by atoms with Crippen LogP contribution in [0.3, 0.4) is 0 Å². The van der Waals surface area contributed by atoms with Gasteiger partial charge < -0.3 is 5.32 Å². The van der Waals surface area contributed by atoms with Gasteiger partial charge in [-0.3, -0.25) is 9.20 Å². The van der Waals surface area contributed by atoms with Gasteiger partial charge in [0.05, 0.1) is 11.0 Å². The molecule has 0 aliphatic carbocycles. The predicted molar refractivity (Wildman–Crippen MR) is 109 cm³/mol. The van der Waals surface area contributed by atoms with Gasteiger partial charge in [0.1, 0.15) is 11.6 Å². The molecule has 0 amide bonds. The second kappa shape index (κ2) is 8.03. The number of nitrogens with one attached hydrogen (secondary N) is 1. The molecule has 0 aliphatic rings. The summed E-state index contributed by atoms with van der Waals surface area (Å²) in [6, 6.07) is 8.01. The Labute approximate surface area is 160 Å². The summed E-state index contributed by atoms with van der Waals surface area (Å²) in [5.74, 6) is 1.98. The van der Waals surface area contributed by atoms with Crippen LogP contribution in [0.15, 0.2) is 24.3 Å². The van der Waals surface area contributed by atoms with E-state index in [1.165, 1.54) is 0 Å². The van der Waals surface area contributed by atoms with Crippen molar-refractivity contribution in [3.05, 3.63) is 30.1 Å². The number of unbranched alkanes of at least 4 members (excludes halogenated alkanes) is 2. The van der Waals surface area contributed by atoms with Gasteiger partial charge in [-0.25, -0.2) is 4.98 Å². The van der Waals surface area contributed by atoms with Gasteiger partial charge in [-0.2, -0.15) is 0 Å². The number of nitrogens with zero attached hydrogens (tertiary/aromatic N) is 4. The van der Waals surface area contributed by atoms with Crippen LogP contribution in [0.25, 0.3) is 16.7 Å². The summed E-state index contributed by atoms with van der Waals surface area (Å²) < 4.78 is 2.04. The monoisotopic (exact) mass is 367 g/mol. The number of ketones is 1. The summed E-state index contributed by atoms with van der Waals surface area (Å²) in [4.78, 5) is 16.7.